The van der Waals surface area contributed by atoms with E-state index in [0.717, 1.165) is 40.4 Å². The van der Waals surface area contributed by atoms with Gasteiger partial charge < -0.3 is 19.0 Å². The maximum Gasteiger partial charge on any atom is 0.273 e. The zero-order chi connectivity index (χ0) is 28.2. The zero-order valence-corrected chi connectivity index (χ0v) is 24.5. The van der Waals surface area contributed by atoms with Crippen molar-refractivity contribution >= 4 is 34.7 Å². The minimum absolute atomic E-state index is 0.0295. The first-order valence-electron chi connectivity index (χ1n) is 13.5. The molecule has 0 aliphatic carbocycles. The number of furan rings is 1. The van der Waals surface area contributed by atoms with E-state index in [1.54, 1.807) is 6.26 Å². The van der Waals surface area contributed by atoms with Crippen LogP contribution >= 0.6 is 23.1 Å². The van der Waals surface area contributed by atoms with Gasteiger partial charge in [0, 0.05) is 37.2 Å². The number of aromatic nitrogens is 4. The largest absolute Gasteiger partial charge is 0.492 e. The lowest BCUT2D eigenvalue weighted by atomic mass is 10.2. The number of nitrogens with zero attached hydrogens (tertiary/aromatic N) is 6. The molecule has 0 unspecified atom stereocenters. The molecule has 0 atom stereocenters. The van der Waals surface area contributed by atoms with Crippen molar-refractivity contribution in [2.75, 3.05) is 37.7 Å². The SMILES string of the molecule is CCOc1ccccc1N1CCN(C(=O)c2csc(CSc3nnc(-c4ccco4)n3-c3ccc(C)cc3)n2)CC1. The van der Waals surface area contributed by atoms with Gasteiger partial charge in [-0.25, -0.2) is 4.98 Å². The number of thioether (sulfide) groups is 1. The molecule has 1 amide bonds. The van der Waals surface area contributed by atoms with Crippen molar-refractivity contribution in [2.24, 2.45) is 0 Å². The van der Waals surface area contributed by atoms with Gasteiger partial charge in [0.05, 0.1) is 24.3 Å². The molecule has 4 heterocycles. The lowest BCUT2D eigenvalue weighted by molar-refractivity contribution is 0.0741. The number of carbonyl (C=O) groups excluding carboxylic acids is 1. The smallest absolute Gasteiger partial charge is 0.273 e. The number of carbonyl (C=O) groups is 1. The first kappa shape index (κ1) is 27.1. The summed E-state index contributed by atoms with van der Waals surface area (Å²) >= 11 is 3.03. The molecule has 0 saturated carbocycles. The normalized spacial score (nSPS) is 13.5. The van der Waals surface area contributed by atoms with Gasteiger partial charge in [-0.3, -0.25) is 9.36 Å². The van der Waals surface area contributed by atoms with Crippen molar-refractivity contribution in [3.8, 4) is 23.0 Å². The lowest BCUT2D eigenvalue weighted by Gasteiger charge is -2.36. The van der Waals surface area contributed by atoms with Gasteiger partial charge in [0.1, 0.15) is 16.5 Å². The van der Waals surface area contributed by atoms with E-state index in [2.05, 4.69) is 45.2 Å². The lowest BCUT2D eigenvalue weighted by Crippen LogP contribution is -2.49. The van der Waals surface area contributed by atoms with Gasteiger partial charge >= 0.3 is 0 Å². The summed E-state index contributed by atoms with van der Waals surface area (Å²) in [6.07, 6.45) is 1.63. The highest BCUT2D eigenvalue weighted by Crippen LogP contribution is 2.32. The van der Waals surface area contributed by atoms with Crippen LogP contribution in [0.2, 0.25) is 0 Å². The van der Waals surface area contributed by atoms with Crippen LogP contribution in [0.15, 0.2) is 81.9 Å². The quantitative estimate of drug-likeness (QED) is 0.196. The summed E-state index contributed by atoms with van der Waals surface area (Å²) in [6.45, 7) is 7.43. The Bertz CT molecular complexity index is 1610. The number of benzene rings is 2. The molecule has 3 aromatic heterocycles. The number of anilines is 1. The molecule has 1 fully saturated rings. The number of amides is 1. The number of hydrogen-bond acceptors (Lipinski definition) is 9. The Labute approximate surface area is 246 Å². The van der Waals surface area contributed by atoms with E-state index in [0.29, 0.717) is 42.7 Å². The molecular weight excluding hydrogens is 557 g/mol. The third-order valence-corrected chi connectivity index (χ3v) is 8.81. The molecule has 1 aliphatic heterocycles. The van der Waals surface area contributed by atoms with Gasteiger partial charge in [-0.15, -0.1) is 21.5 Å². The first-order valence-corrected chi connectivity index (χ1v) is 15.4. The molecule has 6 rings (SSSR count). The molecule has 5 aromatic rings. The second-order valence-electron chi connectivity index (χ2n) is 9.55. The average molecular weight is 587 g/mol. The van der Waals surface area contributed by atoms with Crippen LogP contribution in [-0.2, 0) is 5.75 Å². The second kappa shape index (κ2) is 12.2. The summed E-state index contributed by atoms with van der Waals surface area (Å²) in [4.78, 5) is 22.1. The third kappa shape index (κ3) is 5.86. The summed E-state index contributed by atoms with van der Waals surface area (Å²) in [7, 11) is 0. The highest BCUT2D eigenvalue weighted by Gasteiger charge is 2.26. The Morgan fingerprint density at radius 3 is 2.59 bits per heavy atom. The van der Waals surface area contributed by atoms with Crippen LogP contribution in [-0.4, -0.2) is 63.3 Å². The molecular formula is C30H30N6O3S2. The molecule has 1 aliphatic rings. The minimum Gasteiger partial charge on any atom is -0.492 e. The van der Waals surface area contributed by atoms with Crippen molar-refractivity contribution < 1.29 is 13.9 Å². The Morgan fingerprint density at radius 1 is 1.02 bits per heavy atom. The van der Waals surface area contributed by atoms with Crippen molar-refractivity contribution in [1.82, 2.24) is 24.6 Å². The predicted molar refractivity (Wildman–Crippen MR) is 161 cm³/mol. The van der Waals surface area contributed by atoms with Gasteiger partial charge in [-0.05, 0) is 50.2 Å². The van der Waals surface area contributed by atoms with Gasteiger partial charge in [0.25, 0.3) is 5.91 Å². The number of para-hydroxylation sites is 2. The summed E-state index contributed by atoms with van der Waals surface area (Å²) < 4.78 is 13.4. The fraction of sp³-hybridized carbons (Fsp3) is 0.267. The molecule has 1 saturated heterocycles. The molecule has 2 aromatic carbocycles. The monoisotopic (exact) mass is 586 g/mol. The molecule has 0 bridgehead atoms. The number of rotatable bonds is 9. The Morgan fingerprint density at radius 2 is 1.83 bits per heavy atom. The Balaban J connectivity index is 1.12. The highest BCUT2D eigenvalue weighted by molar-refractivity contribution is 7.98. The molecule has 0 radical (unpaired) electrons. The first-order chi connectivity index (χ1) is 20.1. The van der Waals surface area contributed by atoms with Crippen LogP contribution in [0.1, 0.15) is 28.0 Å². The molecule has 0 spiro atoms. The number of piperazine rings is 1. The molecule has 9 nitrogen and oxygen atoms in total. The zero-order valence-electron chi connectivity index (χ0n) is 22.9. The maximum atomic E-state index is 13.3. The Hall–Kier alpha value is -4.09. The summed E-state index contributed by atoms with van der Waals surface area (Å²) in [5.41, 5.74) is 3.69. The van der Waals surface area contributed by atoms with Crippen LogP contribution in [0.25, 0.3) is 17.3 Å². The van der Waals surface area contributed by atoms with E-state index >= 15 is 0 Å². The topological polar surface area (TPSA) is 89.5 Å². The van der Waals surface area contributed by atoms with Crippen LogP contribution in [0.5, 0.6) is 5.75 Å². The minimum atomic E-state index is -0.0295. The van der Waals surface area contributed by atoms with Crippen molar-refractivity contribution in [3.05, 3.63) is 88.6 Å². The number of ether oxygens (including phenoxy) is 1. The molecule has 0 N–H and O–H groups in total. The van der Waals surface area contributed by atoms with E-state index in [1.165, 1.54) is 28.7 Å². The summed E-state index contributed by atoms with van der Waals surface area (Å²) in [5.74, 6) is 2.71. The van der Waals surface area contributed by atoms with E-state index in [9.17, 15) is 4.79 Å². The van der Waals surface area contributed by atoms with Gasteiger partial charge in [-0.2, -0.15) is 0 Å². The summed E-state index contributed by atoms with van der Waals surface area (Å²) in [6, 6.07) is 20.0. The van der Waals surface area contributed by atoms with E-state index < -0.39 is 0 Å². The van der Waals surface area contributed by atoms with Gasteiger partial charge in [0.15, 0.2) is 10.9 Å². The highest BCUT2D eigenvalue weighted by atomic mass is 32.2. The number of hydrogen-bond donors (Lipinski definition) is 0. The van der Waals surface area contributed by atoms with E-state index in [1.807, 2.05) is 64.2 Å². The molecule has 210 valence electrons. The van der Waals surface area contributed by atoms with Crippen LogP contribution < -0.4 is 9.64 Å². The predicted octanol–water partition coefficient (Wildman–Crippen LogP) is 5.95. The van der Waals surface area contributed by atoms with Gasteiger partial charge in [0.2, 0.25) is 5.82 Å². The summed E-state index contributed by atoms with van der Waals surface area (Å²) in [5, 5.41) is 12.3. The standard InChI is InChI=1S/C30H30N6O3S2/c1-3-38-25-8-5-4-7-24(25)34-14-16-35(17-15-34)29(37)23-19-40-27(31-23)20-41-30-33-32-28(26-9-6-18-39-26)36(30)22-12-10-21(2)11-13-22/h4-13,18-19H,3,14-17,20H2,1-2H3. The maximum absolute atomic E-state index is 13.3. The third-order valence-electron chi connectivity index (χ3n) is 6.84. The Kier molecular flexibility index (Phi) is 8.06. The fourth-order valence-corrected chi connectivity index (χ4v) is 6.50. The number of aryl methyl sites for hydroxylation is 1. The molecule has 11 heteroatoms. The second-order valence-corrected chi connectivity index (χ2v) is 11.4. The van der Waals surface area contributed by atoms with Crippen LogP contribution in [0.3, 0.4) is 0 Å². The molecule has 41 heavy (non-hydrogen) atoms. The number of thiazole rings is 1. The van der Waals surface area contributed by atoms with E-state index in [4.69, 9.17) is 9.15 Å². The van der Waals surface area contributed by atoms with Crippen LogP contribution in [0, 0.1) is 6.92 Å². The van der Waals surface area contributed by atoms with Crippen molar-refractivity contribution in [1.29, 1.82) is 0 Å². The average Bonchev–Trinajstić information content (AvgIpc) is 3.78. The fourth-order valence-electron chi connectivity index (χ4n) is 4.77. The van der Waals surface area contributed by atoms with Gasteiger partial charge in [-0.1, -0.05) is 41.6 Å². The van der Waals surface area contributed by atoms with E-state index in [-0.39, 0.29) is 5.91 Å². The van der Waals surface area contributed by atoms with Crippen molar-refractivity contribution in [3.63, 3.8) is 0 Å². The van der Waals surface area contributed by atoms with Crippen LogP contribution in [0.4, 0.5) is 5.69 Å². The van der Waals surface area contributed by atoms with Crippen molar-refractivity contribution in [2.45, 2.75) is 24.8 Å².